The van der Waals surface area contributed by atoms with Gasteiger partial charge in [0, 0.05) is 30.0 Å². The van der Waals surface area contributed by atoms with Crippen molar-refractivity contribution in [2.75, 3.05) is 31.6 Å². The Labute approximate surface area is 197 Å². The van der Waals surface area contributed by atoms with Crippen LogP contribution < -0.4 is 5.32 Å². The molecular weight excluding hydrogens is 452 g/mol. The molecular formula is C25H24N4O4S. The van der Waals surface area contributed by atoms with Gasteiger partial charge in [-0.05, 0) is 61.5 Å². The number of imidazole rings is 1. The van der Waals surface area contributed by atoms with Crippen LogP contribution in [0.4, 0.5) is 5.69 Å². The Kier molecular flexibility index (Phi) is 5.91. The van der Waals surface area contributed by atoms with E-state index in [1.165, 1.54) is 28.6 Å². The first-order valence-corrected chi connectivity index (χ1v) is 12.4. The summed E-state index contributed by atoms with van der Waals surface area (Å²) in [5.41, 5.74) is 3.71. The number of carbonyl (C=O) groups is 1. The summed E-state index contributed by atoms with van der Waals surface area (Å²) >= 11 is 0. The molecule has 1 aliphatic heterocycles. The van der Waals surface area contributed by atoms with E-state index in [4.69, 9.17) is 4.74 Å². The molecule has 1 aromatic heterocycles. The Balaban J connectivity index is 1.34. The van der Waals surface area contributed by atoms with Crippen LogP contribution in [0.5, 0.6) is 0 Å². The number of hydrogen-bond acceptors (Lipinski definition) is 5. The van der Waals surface area contributed by atoms with Gasteiger partial charge >= 0.3 is 0 Å². The Morgan fingerprint density at radius 3 is 2.38 bits per heavy atom. The number of nitrogens with one attached hydrogen (secondary N) is 1. The lowest BCUT2D eigenvalue weighted by Gasteiger charge is -2.26. The SMILES string of the molecule is Cc1nc2cc(NC(=O)c3ccc(S(=O)(=O)N4CCOCC4)cc3)ccc2n1-c1ccccc1. The summed E-state index contributed by atoms with van der Waals surface area (Å²) < 4.78 is 34.2. The normalized spacial score (nSPS) is 14.9. The van der Waals surface area contributed by atoms with E-state index >= 15 is 0 Å². The van der Waals surface area contributed by atoms with Crippen LogP contribution in [-0.2, 0) is 14.8 Å². The highest BCUT2D eigenvalue weighted by Gasteiger charge is 2.26. The molecule has 1 amide bonds. The monoisotopic (exact) mass is 476 g/mol. The molecule has 0 bridgehead atoms. The number of benzene rings is 3. The second-order valence-electron chi connectivity index (χ2n) is 8.03. The van der Waals surface area contributed by atoms with Crippen molar-refractivity contribution in [1.82, 2.24) is 13.9 Å². The number of nitrogens with zero attached hydrogens (tertiary/aromatic N) is 3. The van der Waals surface area contributed by atoms with Crippen LogP contribution in [0.1, 0.15) is 16.2 Å². The van der Waals surface area contributed by atoms with E-state index in [2.05, 4.69) is 14.9 Å². The predicted molar refractivity (Wildman–Crippen MR) is 130 cm³/mol. The maximum atomic E-state index is 12.8. The van der Waals surface area contributed by atoms with Gasteiger partial charge in [0.25, 0.3) is 5.91 Å². The number of fused-ring (bicyclic) bond motifs is 1. The lowest BCUT2D eigenvalue weighted by atomic mass is 10.2. The van der Waals surface area contributed by atoms with Crippen LogP contribution in [-0.4, -0.2) is 54.5 Å². The van der Waals surface area contributed by atoms with Crippen LogP contribution in [0.25, 0.3) is 16.7 Å². The van der Waals surface area contributed by atoms with E-state index in [1.54, 1.807) is 0 Å². The van der Waals surface area contributed by atoms with Gasteiger partial charge in [0.05, 0.1) is 29.1 Å². The van der Waals surface area contributed by atoms with Crippen LogP contribution in [0.2, 0.25) is 0 Å². The lowest BCUT2D eigenvalue weighted by molar-refractivity contribution is 0.0730. The van der Waals surface area contributed by atoms with Gasteiger partial charge in [0.15, 0.2) is 0 Å². The van der Waals surface area contributed by atoms with Gasteiger partial charge in [-0.25, -0.2) is 13.4 Å². The molecule has 1 saturated heterocycles. The van der Waals surface area contributed by atoms with Gasteiger partial charge < -0.3 is 10.1 Å². The molecule has 8 nitrogen and oxygen atoms in total. The first-order valence-electron chi connectivity index (χ1n) is 11.0. The summed E-state index contributed by atoms with van der Waals surface area (Å²) in [4.78, 5) is 17.6. The molecule has 1 N–H and O–H groups in total. The zero-order valence-electron chi connectivity index (χ0n) is 18.6. The number of sulfonamides is 1. The largest absolute Gasteiger partial charge is 0.379 e. The third-order valence-corrected chi connectivity index (χ3v) is 7.73. The highest BCUT2D eigenvalue weighted by atomic mass is 32.2. The number of carbonyl (C=O) groups excluding carboxylic acids is 1. The van der Waals surface area contributed by atoms with E-state index in [0.717, 1.165) is 22.5 Å². The number of aryl methyl sites for hydroxylation is 1. The average molecular weight is 477 g/mol. The number of ether oxygens (including phenoxy) is 1. The minimum Gasteiger partial charge on any atom is -0.379 e. The molecule has 0 aliphatic carbocycles. The fraction of sp³-hybridized carbons (Fsp3) is 0.200. The fourth-order valence-corrected chi connectivity index (χ4v) is 5.51. The van der Waals surface area contributed by atoms with Gasteiger partial charge in [0.1, 0.15) is 5.82 Å². The lowest BCUT2D eigenvalue weighted by Crippen LogP contribution is -2.40. The van der Waals surface area contributed by atoms with Gasteiger partial charge in [-0.1, -0.05) is 18.2 Å². The third-order valence-electron chi connectivity index (χ3n) is 5.82. The highest BCUT2D eigenvalue weighted by Crippen LogP contribution is 2.25. The van der Waals surface area contributed by atoms with Crippen molar-refractivity contribution in [1.29, 1.82) is 0 Å². The van der Waals surface area contributed by atoms with Crippen molar-refractivity contribution in [3.8, 4) is 5.69 Å². The van der Waals surface area contributed by atoms with Crippen molar-refractivity contribution in [2.24, 2.45) is 0 Å². The van der Waals surface area contributed by atoms with Crippen LogP contribution in [0.3, 0.4) is 0 Å². The highest BCUT2D eigenvalue weighted by molar-refractivity contribution is 7.89. The molecule has 0 saturated carbocycles. The Hall–Kier alpha value is -3.53. The summed E-state index contributed by atoms with van der Waals surface area (Å²) in [5, 5.41) is 2.88. The van der Waals surface area contributed by atoms with Crippen molar-refractivity contribution >= 4 is 32.7 Å². The molecule has 174 valence electrons. The van der Waals surface area contributed by atoms with Crippen molar-refractivity contribution < 1.29 is 17.9 Å². The zero-order valence-corrected chi connectivity index (χ0v) is 19.5. The number of para-hydroxylation sites is 1. The number of amides is 1. The molecule has 1 fully saturated rings. The standard InChI is InChI=1S/C25H24N4O4S/c1-18-26-23-17-20(9-12-24(23)29(18)21-5-3-2-4-6-21)27-25(30)19-7-10-22(11-8-19)34(31,32)28-13-15-33-16-14-28/h2-12,17H,13-16H2,1H3,(H,27,30). The fourth-order valence-electron chi connectivity index (χ4n) is 4.10. The summed E-state index contributed by atoms with van der Waals surface area (Å²) in [5.74, 6) is 0.524. The molecule has 0 radical (unpaired) electrons. The minimum absolute atomic E-state index is 0.161. The topological polar surface area (TPSA) is 93.5 Å². The zero-order chi connectivity index (χ0) is 23.7. The molecule has 2 heterocycles. The third kappa shape index (κ3) is 4.21. The smallest absolute Gasteiger partial charge is 0.255 e. The van der Waals surface area contributed by atoms with Crippen LogP contribution in [0.15, 0.2) is 77.7 Å². The molecule has 0 unspecified atom stereocenters. The van der Waals surface area contributed by atoms with E-state index in [9.17, 15) is 13.2 Å². The van der Waals surface area contributed by atoms with Crippen LogP contribution >= 0.6 is 0 Å². The van der Waals surface area contributed by atoms with Gasteiger partial charge in [-0.2, -0.15) is 4.31 Å². The summed E-state index contributed by atoms with van der Waals surface area (Å²) in [7, 11) is -3.60. The molecule has 34 heavy (non-hydrogen) atoms. The number of rotatable bonds is 5. The molecule has 9 heteroatoms. The summed E-state index contributed by atoms with van der Waals surface area (Å²) in [6.07, 6.45) is 0. The molecule has 1 aliphatic rings. The number of aromatic nitrogens is 2. The van der Waals surface area contributed by atoms with Crippen molar-refractivity contribution in [3.63, 3.8) is 0 Å². The maximum Gasteiger partial charge on any atom is 0.255 e. The first-order chi connectivity index (χ1) is 16.4. The van der Waals surface area contributed by atoms with E-state index in [1.807, 2.05) is 55.5 Å². The maximum absolute atomic E-state index is 12.8. The second kappa shape index (κ2) is 9.02. The summed E-state index contributed by atoms with van der Waals surface area (Å²) in [6.45, 7) is 3.36. The first kappa shape index (κ1) is 22.3. The van der Waals surface area contributed by atoms with Crippen molar-refractivity contribution in [3.05, 3.63) is 84.2 Å². The van der Waals surface area contributed by atoms with E-state index < -0.39 is 10.0 Å². The number of morpholine rings is 1. The van der Waals surface area contributed by atoms with Crippen molar-refractivity contribution in [2.45, 2.75) is 11.8 Å². The molecule has 4 aromatic rings. The van der Waals surface area contributed by atoms with Gasteiger partial charge in [-0.15, -0.1) is 0 Å². The quantitative estimate of drug-likeness (QED) is 0.475. The molecule has 0 atom stereocenters. The van der Waals surface area contributed by atoms with Gasteiger partial charge in [-0.3, -0.25) is 9.36 Å². The number of hydrogen-bond donors (Lipinski definition) is 1. The Morgan fingerprint density at radius 1 is 0.971 bits per heavy atom. The molecule has 0 spiro atoms. The average Bonchev–Trinajstić information content (AvgIpc) is 3.20. The Bertz CT molecular complexity index is 1440. The Morgan fingerprint density at radius 2 is 1.68 bits per heavy atom. The second-order valence-corrected chi connectivity index (χ2v) is 9.97. The van der Waals surface area contributed by atoms with Crippen LogP contribution in [0, 0.1) is 6.92 Å². The van der Waals surface area contributed by atoms with Gasteiger partial charge in [0.2, 0.25) is 10.0 Å². The summed E-state index contributed by atoms with van der Waals surface area (Å²) in [6, 6.07) is 21.5. The molecule has 5 rings (SSSR count). The predicted octanol–water partition coefficient (Wildman–Crippen LogP) is 3.61. The van der Waals surface area contributed by atoms with E-state index in [0.29, 0.717) is 37.6 Å². The van der Waals surface area contributed by atoms with E-state index in [-0.39, 0.29) is 10.8 Å². The minimum atomic E-state index is -3.60. The number of anilines is 1. The molecule has 3 aromatic carbocycles.